The van der Waals surface area contributed by atoms with Crippen molar-refractivity contribution in [2.75, 3.05) is 39.9 Å². The number of hydrogen-bond acceptors (Lipinski definition) is 4. The number of nitrogens with zero attached hydrogens (tertiary/aromatic N) is 2. The van der Waals surface area contributed by atoms with E-state index in [0.717, 1.165) is 18.7 Å². The Labute approximate surface area is 173 Å². The number of carbonyl (C=O) groups excluding carboxylic acids is 1. The highest BCUT2D eigenvalue weighted by Gasteiger charge is 2.35. The number of aromatic hydroxyl groups is 1. The summed E-state index contributed by atoms with van der Waals surface area (Å²) in [4.78, 5) is 16.5. The first kappa shape index (κ1) is 21.3. The van der Waals surface area contributed by atoms with E-state index in [4.69, 9.17) is 4.74 Å². The van der Waals surface area contributed by atoms with Crippen molar-refractivity contribution >= 4 is 5.91 Å². The number of likely N-dealkylation sites (tertiary alicyclic amines) is 1. The maximum absolute atomic E-state index is 12.2. The van der Waals surface area contributed by atoms with Crippen molar-refractivity contribution in [3.63, 3.8) is 0 Å². The lowest BCUT2D eigenvalue weighted by Crippen LogP contribution is -2.38. The number of carbonyl (C=O) groups is 1. The van der Waals surface area contributed by atoms with Gasteiger partial charge in [0.05, 0.1) is 6.61 Å². The van der Waals surface area contributed by atoms with Gasteiger partial charge in [-0.25, -0.2) is 0 Å². The number of phenols is 1. The van der Waals surface area contributed by atoms with Crippen LogP contribution < -0.4 is 0 Å². The number of phenolic OH excluding ortho intramolecular Hbond substituents is 1. The SMILES string of the molecule is COCCN(CC1CN(Cc2ccccc2O)CC1c1ccc(C)cc1)C(C)=O. The summed E-state index contributed by atoms with van der Waals surface area (Å²) in [7, 11) is 1.66. The summed E-state index contributed by atoms with van der Waals surface area (Å²) in [6.45, 7) is 8.12. The standard InChI is InChI=1S/C24H32N2O3/c1-18-8-10-20(11-9-18)23-17-25(14-21-6-4-5-7-24(21)28)15-22(23)16-26(19(2)27)12-13-29-3/h4-11,22-23,28H,12-17H2,1-3H3. The zero-order valence-electron chi connectivity index (χ0n) is 17.7. The average molecular weight is 397 g/mol. The molecule has 1 aliphatic rings. The largest absolute Gasteiger partial charge is 0.508 e. The Bertz CT molecular complexity index is 806. The minimum absolute atomic E-state index is 0.0869. The Morgan fingerprint density at radius 1 is 1.17 bits per heavy atom. The summed E-state index contributed by atoms with van der Waals surface area (Å²) >= 11 is 0. The van der Waals surface area contributed by atoms with Crippen LogP contribution in [0.1, 0.15) is 29.5 Å². The predicted octanol–water partition coefficient (Wildman–Crippen LogP) is 3.41. The number of aryl methyl sites for hydroxylation is 1. The molecule has 0 bridgehead atoms. The number of benzene rings is 2. The lowest BCUT2D eigenvalue weighted by molar-refractivity contribution is -0.130. The van der Waals surface area contributed by atoms with Crippen LogP contribution in [0.25, 0.3) is 0 Å². The molecule has 2 aromatic carbocycles. The highest BCUT2D eigenvalue weighted by molar-refractivity contribution is 5.73. The van der Waals surface area contributed by atoms with Crippen molar-refractivity contribution in [2.24, 2.45) is 5.92 Å². The Hall–Kier alpha value is -2.37. The number of methoxy groups -OCH3 is 1. The normalized spacial score (nSPS) is 19.4. The molecule has 1 fully saturated rings. The summed E-state index contributed by atoms with van der Waals surface area (Å²) in [5.41, 5.74) is 3.51. The van der Waals surface area contributed by atoms with Crippen molar-refractivity contribution < 1.29 is 14.6 Å². The minimum atomic E-state index is 0.0869. The molecule has 1 N–H and O–H groups in total. The molecule has 5 nitrogen and oxygen atoms in total. The van der Waals surface area contributed by atoms with Crippen LogP contribution in [0.2, 0.25) is 0 Å². The molecule has 2 atom stereocenters. The van der Waals surface area contributed by atoms with Gasteiger partial charge in [-0.1, -0.05) is 48.0 Å². The van der Waals surface area contributed by atoms with Crippen LogP contribution in [0, 0.1) is 12.8 Å². The molecule has 0 aliphatic carbocycles. The summed E-state index contributed by atoms with van der Waals surface area (Å²) in [5.74, 6) is 1.12. The molecule has 29 heavy (non-hydrogen) atoms. The van der Waals surface area contributed by atoms with Gasteiger partial charge >= 0.3 is 0 Å². The van der Waals surface area contributed by atoms with Gasteiger partial charge in [0, 0.05) is 58.2 Å². The Morgan fingerprint density at radius 2 is 1.90 bits per heavy atom. The van der Waals surface area contributed by atoms with Gasteiger partial charge in [0.25, 0.3) is 0 Å². The quantitative estimate of drug-likeness (QED) is 0.743. The van der Waals surface area contributed by atoms with E-state index in [0.29, 0.717) is 43.8 Å². The highest BCUT2D eigenvalue weighted by Crippen LogP contribution is 2.35. The Morgan fingerprint density at radius 3 is 2.55 bits per heavy atom. The van der Waals surface area contributed by atoms with Gasteiger partial charge in [0.2, 0.25) is 5.91 Å². The first-order valence-electron chi connectivity index (χ1n) is 10.3. The molecule has 1 aliphatic heterocycles. The van der Waals surface area contributed by atoms with E-state index >= 15 is 0 Å². The topological polar surface area (TPSA) is 53.0 Å². The van der Waals surface area contributed by atoms with Gasteiger partial charge in [0.1, 0.15) is 5.75 Å². The molecule has 0 saturated carbocycles. The van der Waals surface area contributed by atoms with Gasteiger partial charge in [-0.3, -0.25) is 9.69 Å². The van der Waals surface area contributed by atoms with Gasteiger partial charge < -0.3 is 14.7 Å². The molecule has 0 aromatic heterocycles. The molecule has 0 spiro atoms. The van der Waals surface area contributed by atoms with E-state index in [1.807, 2.05) is 23.1 Å². The van der Waals surface area contributed by atoms with Gasteiger partial charge in [-0.05, 0) is 24.5 Å². The zero-order chi connectivity index (χ0) is 20.8. The predicted molar refractivity (Wildman–Crippen MR) is 115 cm³/mol. The molecule has 5 heteroatoms. The van der Waals surface area contributed by atoms with Crippen molar-refractivity contribution in [3.8, 4) is 5.75 Å². The van der Waals surface area contributed by atoms with Crippen LogP contribution in [0.5, 0.6) is 5.75 Å². The lowest BCUT2D eigenvalue weighted by atomic mass is 9.88. The van der Waals surface area contributed by atoms with Crippen molar-refractivity contribution in [3.05, 3.63) is 65.2 Å². The van der Waals surface area contributed by atoms with Crippen LogP contribution in [0.4, 0.5) is 0 Å². The third-order valence-corrected chi connectivity index (χ3v) is 5.87. The van der Waals surface area contributed by atoms with E-state index < -0.39 is 0 Å². The van der Waals surface area contributed by atoms with Gasteiger partial charge in [0.15, 0.2) is 0 Å². The summed E-state index contributed by atoms with van der Waals surface area (Å²) < 4.78 is 5.19. The van der Waals surface area contributed by atoms with Crippen LogP contribution in [-0.4, -0.2) is 60.7 Å². The molecule has 2 unspecified atom stereocenters. The number of hydrogen-bond donors (Lipinski definition) is 1. The molecular weight excluding hydrogens is 364 g/mol. The fourth-order valence-corrected chi connectivity index (χ4v) is 4.21. The van der Waals surface area contributed by atoms with Crippen molar-refractivity contribution in [1.82, 2.24) is 9.80 Å². The summed E-state index contributed by atoms with van der Waals surface area (Å²) in [6.07, 6.45) is 0. The van der Waals surface area contributed by atoms with E-state index in [-0.39, 0.29) is 5.91 Å². The smallest absolute Gasteiger partial charge is 0.219 e. The zero-order valence-corrected chi connectivity index (χ0v) is 17.7. The van der Waals surface area contributed by atoms with Gasteiger partial charge in [-0.2, -0.15) is 0 Å². The van der Waals surface area contributed by atoms with E-state index in [2.05, 4.69) is 36.1 Å². The molecule has 0 radical (unpaired) electrons. The molecule has 1 saturated heterocycles. The Balaban J connectivity index is 1.79. The minimum Gasteiger partial charge on any atom is -0.508 e. The number of ether oxygens (including phenoxy) is 1. The fourth-order valence-electron chi connectivity index (χ4n) is 4.21. The highest BCUT2D eigenvalue weighted by atomic mass is 16.5. The molecule has 1 amide bonds. The average Bonchev–Trinajstić information content (AvgIpc) is 3.09. The molecule has 156 valence electrons. The summed E-state index contributed by atoms with van der Waals surface area (Å²) in [5, 5.41) is 10.2. The number of amides is 1. The van der Waals surface area contributed by atoms with Crippen molar-refractivity contribution in [2.45, 2.75) is 26.3 Å². The lowest BCUT2D eigenvalue weighted by Gasteiger charge is -2.27. The van der Waals surface area contributed by atoms with E-state index in [1.54, 1.807) is 20.1 Å². The molecular formula is C24H32N2O3. The first-order chi connectivity index (χ1) is 14.0. The fraction of sp³-hybridized carbons (Fsp3) is 0.458. The Kier molecular flexibility index (Phi) is 7.29. The van der Waals surface area contributed by atoms with Crippen LogP contribution in [0.3, 0.4) is 0 Å². The third-order valence-electron chi connectivity index (χ3n) is 5.87. The third kappa shape index (κ3) is 5.58. The van der Waals surface area contributed by atoms with Crippen molar-refractivity contribution in [1.29, 1.82) is 0 Å². The van der Waals surface area contributed by atoms with Crippen LogP contribution >= 0.6 is 0 Å². The molecule has 3 rings (SSSR count). The molecule has 1 heterocycles. The van der Waals surface area contributed by atoms with E-state index in [9.17, 15) is 9.90 Å². The maximum atomic E-state index is 12.2. The van der Waals surface area contributed by atoms with Crippen LogP contribution in [0.15, 0.2) is 48.5 Å². The monoisotopic (exact) mass is 396 g/mol. The maximum Gasteiger partial charge on any atom is 0.219 e. The molecule has 2 aromatic rings. The number of para-hydroxylation sites is 1. The number of rotatable bonds is 8. The first-order valence-corrected chi connectivity index (χ1v) is 10.3. The summed E-state index contributed by atoms with van der Waals surface area (Å²) in [6, 6.07) is 16.3. The second-order valence-electron chi connectivity index (χ2n) is 8.06. The van der Waals surface area contributed by atoms with E-state index in [1.165, 1.54) is 11.1 Å². The second-order valence-corrected chi connectivity index (χ2v) is 8.06. The van der Waals surface area contributed by atoms with Crippen LogP contribution in [-0.2, 0) is 16.1 Å². The second kappa shape index (κ2) is 9.90. The van der Waals surface area contributed by atoms with Gasteiger partial charge in [-0.15, -0.1) is 0 Å².